The van der Waals surface area contributed by atoms with Crippen LogP contribution in [0.1, 0.15) is 40.0 Å². The SMILES string of the molecule is CC(I)C(=O)OC(C)(C)C1CCCC[NH2+]1. The first-order chi connectivity index (χ1) is 6.93. The number of nitrogens with two attached hydrogens (primary N) is 1. The third kappa shape index (κ3) is 3.90. The van der Waals surface area contributed by atoms with Gasteiger partial charge >= 0.3 is 5.97 Å². The number of rotatable bonds is 3. The van der Waals surface area contributed by atoms with E-state index in [0.717, 1.165) is 13.0 Å². The van der Waals surface area contributed by atoms with Crippen molar-refractivity contribution in [2.24, 2.45) is 0 Å². The van der Waals surface area contributed by atoms with Crippen molar-refractivity contribution < 1.29 is 14.8 Å². The van der Waals surface area contributed by atoms with Crippen LogP contribution in [-0.2, 0) is 9.53 Å². The van der Waals surface area contributed by atoms with Crippen LogP contribution in [0.4, 0.5) is 0 Å². The van der Waals surface area contributed by atoms with Crippen LogP contribution in [0.25, 0.3) is 0 Å². The molecule has 0 radical (unpaired) electrons. The fourth-order valence-corrected chi connectivity index (χ4v) is 2.12. The number of piperidine rings is 1. The van der Waals surface area contributed by atoms with Gasteiger partial charge in [0.1, 0.15) is 9.97 Å². The smallest absolute Gasteiger partial charge is 0.319 e. The molecule has 0 aromatic carbocycles. The molecule has 0 bridgehead atoms. The Morgan fingerprint density at radius 1 is 1.53 bits per heavy atom. The quantitative estimate of drug-likeness (QED) is 0.482. The second-order valence-electron chi connectivity index (χ2n) is 4.77. The number of alkyl halides is 1. The number of quaternary nitrogens is 1. The number of hydrogen-bond donors (Lipinski definition) is 1. The lowest BCUT2D eigenvalue weighted by molar-refractivity contribution is -0.709. The van der Waals surface area contributed by atoms with Crippen molar-refractivity contribution in [1.29, 1.82) is 0 Å². The Labute approximate surface area is 105 Å². The highest BCUT2D eigenvalue weighted by Gasteiger charge is 2.37. The number of hydrogen-bond acceptors (Lipinski definition) is 2. The van der Waals surface area contributed by atoms with E-state index >= 15 is 0 Å². The molecule has 0 aromatic heterocycles. The minimum atomic E-state index is -0.336. The van der Waals surface area contributed by atoms with Crippen molar-refractivity contribution in [3.63, 3.8) is 0 Å². The highest BCUT2D eigenvalue weighted by molar-refractivity contribution is 14.1. The maximum absolute atomic E-state index is 11.6. The average Bonchev–Trinajstić information content (AvgIpc) is 2.18. The Morgan fingerprint density at radius 3 is 2.67 bits per heavy atom. The average molecular weight is 326 g/mol. The van der Waals surface area contributed by atoms with Crippen LogP contribution in [0.5, 0.6) is 0 Å². The second kappa shape index (κ2) is 5.48. The summed E-state index contributed by atoms with van der Waals surface area (Å²) in [5, 5.41) is 2.31. The summed E-state index contributed by atoms with van der Waals surface area (Å²) < 4.78 is 5.50. The number of ether oxygens (including phenoxy) is 1. The molecular formula is C11H21INO2+. The summed E-state index contributed by atoms with van der Waals surface area (Å²) in [7, 11) is 0. The van der Waals surface area contributed by atoms with Crippen molar-refractivity contribution in [2.75, 3.05) is 6.54 Å². The van der Waals surface area contributed by atoms with Gasteiger partial charge in [0.05, 0.1) is 6.54 Å². The first-order valence-corrected chi connectivity index (χ1v) is 6.88. The lowest BCUT2D eigenvalue weighted by Gasteiger charge is -2.34. The Hall–Kier alpha value is 0.160. The van der Waals surface area contributed by atoms with Crippen LogP contribution in [0, 0.1) is 0 Å². The van der Waals surface area contributed by atoms with Crippen LogP contribution < -0.4 is 5.32 Å². The predicted molar refractivity (Wildman–Crippen MR) is 68.1 cm³/mol. The highest BCUT2D eigenvalue weighted by atomic mass is 127. The third-order valence-corrected chi connectivity index (χ3v) is 3.51. The Bertz CT molecular complexity index is 223. The summed E-state index contributed by atoms with van der Waals surface area (Å²) in [4.78, 5) is 11.6. The second-order valence-corrected chi connectivity index (χ2v) is 6.64. The monoisotopic (exact) mass is 326 g/mol. The standard InChI is InChI=1S/C11H20INO2/c1-8(12)10(14)15-11(2,3)9-6-4-5-7-13-9/h8-9,13H,4-7H2,1-3H3/p+1. The predicted octanol–water partition coefficient (Wildman–Crippen LogP) is 1.25. The first kappa shape index (κ1) is 13.2. The summed E-state index contributed by atoms with van der Waals surface area (Å²) in [6, 6.07) is 0.422. The Morgan fingerprint density at radius 2 is 2.20 bits per heavy atom. The summed E-state index contributed by atoms with van der Waals surface area (Å²) in [5.74, 6) is -0.0976. The molecule has 3 nitrogen and oxygen atoms in total. The number of carbonyl (C=O) groups excluding carboxylic acids is 1. The molecule has 1 heterocycles. The lowest BCUT2D eigenvalue weighted by Crippen LogP contribution is -2.95. The van der Waals surface area contributed by atoms with Crippen molar-refractivity contribution in [3.05, 3.63) is 0 Å². The normalized spacial score (nSPS) is 24.7. The molecule has 1 saturated heterocycles. The number of esters is 1. The van der Waals surface area contributed by atoms with Gasteiger partial charge in [-0.15, -0.1) is 0 Å². The van der Waals surface area contributed by atoms with Gasteiger partial charge in [0, 0.05) is 6.42 Å². The molecular weight excluding hydrogens is 305 g/mol. The molecule has 1 aliphatic heterocycles. The molecule has 0 saturated carbocycles. The molecule has 2 N–H and O–H groups in total. The van der Waals surface area contributed by atoms with E-state index in [1.807, 2.05) is 20.8 Å². The number of halogens is 1. The molecule has 4 heteroatoms. The minimum Gasteiger partial charge on any atom is -0.453 e. The van der Waals surface area contributed by atoms with Gasteiger partial charge in [-0.05, 0) is 33.6 Å². The summed E-state index contributed by atoms with van der Waals surface area (Å²) in [5.41, 5.74) is -0.336. The fourth-order valence-electron chi connectivity index (χ4n) is 1.99. The van der Waals surface area contributed by atoms with E-state index < -0.39 is 0 Å². The Balaban J connectivity index is 2.52. The van der Waals surface area contributed by atoms with E-state index in [0.29, 0.717) is 6.04 Å². The molecule has 1 rings (SSSR count). The van der Waals surface area contributed by atoms with Gasteiger partial charge in [0.2, 0.25) is 0 Å². The summed E-state index contributed by atoms with van der Waals surface area (Å²) in [6.07, 6.45) is 3.68. The molecule has 15 heavy (non-hydrogen) atoms. The highest BCUT2D eigenvalue weighted by Crippen LogP contribution is 2.20. The molecule has 1 fully saturated rings. The van der Waals surface area contributed by atoms with Gasteiger partial charge < -0.3 is 10.1 Å². The zero-order chi connectivity index (χ0) is 11.5. The van der Waals surface area contributed by atoms with Crippen molar-refractivity contribution >= 4 is 28.6 Å². The van der Waals surface area contributed by atoms with Gasteiger partial charge in [-0.25, -0.2) is 0 Å². The van der Waals surface area contributed by atoms with Gasteiger partial charge in [0.15, 0.2) is 5.60 Å². The van der Waals surface area contributed by atoms with E-state index in [9.17, 15) is 4.79 Å². The van der Waals surface area contributed by atoms with Crippen molar-refractivity contribution in [1.82, 2.24) is 0 Å². The van der Waals surface area contributed by atoms with E-state index in [2.05, 4.69) is 27.9 Å². The summed E-state index contributed by atoms with van der Waals surface area (Å²) >= 11 is 2.09. The fraction of sp³-hybridized carbons (Fsp3) is 0.909. The topological polar surface area (TPSA) is 42.9 Å². The maximum Gasteiger partial charge on any atom is 0.319 e. The molecule has 2 atom stereocenters. The maximum atomic E-state index is 11.6. The number of carbonyl (C=O) groups is 1. The van der Waals surface area contributed by atoms with Crippen LogP contribution in [0.2, 0.25) is 0 Å². The largest absolute Gasteiger partial charge is 0.453 e. The third-order valence-electron chi connectivity index (χ3n) is 3.00. The van der Waals surface area contributed by atoms with Gasteiger partial charge in [0.25, 0.3) is 0 Å². The molecule has 1 aliphatic rings. The van der Waals surface area contributed by atoms with E-state index in [4.69, 9.17) is 4.74 Å². The molecule has 0 aliphatic carbocycles. The van der Waals surface area contributed by atoms with Gasteiger partial charge in [-0.3, -0.25) is 4.79 Å². The Kier molecular flexibility index (Phi) is 4.83. The van der Waals surface area contributed by atoms with E-state index in [1.165, 1.54) is 12.8 Å². The molecule has 0 spiro atoms. The van der Waals surface area contributed by atoms with E-state index in [1.54, 1.807) is 0 Å². The molecule has 0 amide bonds. The summed E-state index contributed by atoms with van der Waals surface area (Å²) in [6.45, 7) is 7.07. The van der Waals surface area contributed by atoms with Gasteiger partial charge in [-0.2, -0.15) is 0 Å². The zero-order valence-electron chi connectivity index (χ0n) is 9.75. The molecule has 88 valence electrons. The van der Waals surface area contributed by atoms with E-state index in [-0.39, 0.29) is 15.5 Å². The van der Waals surface area contributed by atoms with Gasteiger partial charge in [-0.1, -0.05) is 22.6 Å². The first-order valence-electron chi connectivity index (χ1n) is 5.64. The minimum absolute atomic E-state index is 0.0644. The zero-order valence-corrected chi connectivity index (χ0v) is 11.9. The van der Waals surface area contributed by atoms with Crippen LogP contribution in [-0.4, -0.2) is 28.1 Å². The molecule has 2 unspecified atom stereocenters. The van der Waals surface area contributed by atoms with Crippen LogP contribution >= 0.6 is 22.6 Å². The van der Waals surface area contributed by atoms with Crippen LogP contribution in [0.15, 0.2) is 0 Å². The lowest BCUT2D eigenvalue weighted by atomic mass is 9.91. The van der Waals surface area contributed by atoms with Crippen molar-refractivity contribution in [3.8, 4) is 0 Å². The van der Waals surface area contributed by atoms with Crippen molar-refractivity contribution in [2.45, 2.75) is 55.6 Å². The van der Waals surface area contributed by atoms with Crippen LogP contribution in [0.3, 0.4) is 0 Å². The molecule has 0 aromatic rings.